The second kappa shape index (κ2) is 3.54. The molecule has 1 aromatic heterocycles. The molecule has 2 nitrogen and oxygen atoms in total. The van der Waals surface area contributed by atoms with E-state index in [0.29, 0.717) is 12.0 Å². The number of hydrogen-bond donors (Lipinski definition) is 1. The Hall–Kier alpha value is -0.760. The molecule has 0 saturated heterocycles. The van der Waals surface area contributed by atoms with E-state index in [1.54, 1.807) is 0 Å². The fraction of sp³-hybridized carbons (Fsp3) is 0.636. The maximum absolute atomic E-state index is 5.51. The van der Waals surface area contributed by atoms with Gasteiger partial charge in [0.1, 0.15) is 5.76 Å². The highest BCUT2D eigenvalue weighted by molar-refractivity contribution is 5.23. The Morgan fingerprint density at radius 1 is 1.62 bits per heavy atom. The predicted molar refractivity (Wildman–Crippen MR) is 52.6 cm³/mol. The fourth-order valence-electron chi connectivity index (χ4n) is 2.00. The van der Waals surface area contributed by atoms with Crippen molar-refractivity contribution in [1.82, 2.24) is 5.32 Å². The second-order valence-electron chi connectivity index (χ2n) is 4.20. The number of hydrogen-bond acceptors (Lipinski definition) is 2. The summed E-state index contributed by atoms with van der Waals surface area (Å²) in [5.74, 6) is 1.88. The summed E-state index contributed by atoms with van der Waals surface area (Å²) in [6.07, 6.45) is 4.09. The highest BCUT2D eigenvalue weighted by Gasteiger charge is 2.22. The van der Waals surface area contributed by atoms with Gasteiger partial charge >= 0.3 is 0 Å². The van der Waals surface area contributed by atoms with Crippen molar-refractivity contribution in [1.29, 1.82) is 0 Å². The first-order valence-electron chi connectivity index (χ1n) is 5.07. The summed E-state index contributed by atoms with van der Waals surface area (Å²) < 4.78 is 5.51. The smallest absolute Gasteiger partial charge is 0.123 e. The molecule has 1 unspecified atom stereocenters. The number of fused-ring (bicyclic) bond motifs is 1. The van der Waals surface area contributed by atoms with Crippen molar-refractivity contribution < 1.29 is 4.42 Å². The molecule has 2 heterocycles. The van der Waals surface area contributed by atoms with Crippen molar-refractivity contribution in [2.24, 2.45) is 5.92 Å². The van der Waals surface area contributed by atoms with Crippen molar-refractivity contribution >= 4 is 0 Å². The van der Waals surface area contributed by atoms with E-state index in [2.05, 4.69) is 25.2 Å². The lowest BCUT2D eigenvalue weighted by Crippen LogP contribution is -2.29. The van der Waals surface area contributed by atoms with Gasteiger partial charge in [-0.3, -0.25) is 0 Å². The summed E-state index contributed by atoms with van der Waals surface area (Å²) in [5, 5.41) is 3.50. The Kier molecular flexibility index (Phi) is 2.40. The zero-order chi connectivity index (χ0) is 9.26. The third-order valence-electron chi connectivity index (χ3n) is 2.59. The Bertz CT molecular complexity index is 277. The molecule has 72 valence electrons. The summed E-state index contributed by atoms with van der Waals surface area (Å²) in [7, 11) is 0. The third-order valence-corrected chi connectivity index (χ3v) is 2.59. The first-order chi connectivity index (χ1) is 6.27. The number of rotatable bonds is 2. The van der Waals surface area contributed by atoms with Crippen LogP contribution in [-0.2, 0) is 6.42 Å². The van der Waals surface area contributed by atoms with Gasteiger partial charge in [0.05, 0.1) is 12.3 Å². The molecule has 1 aromatic rings. The predicted octanol–water partition coefficient (Wildman–Crippen LogP) is 2.51. The summed E-state index contributed by atoms with van der Waals surface area (Å²) >= 11 is 0. The Morgan fingerprint density at radius 2 is 2.46 bits per heavy atom. The molecular weight excluding hydrogens is 162 g/mol. The minimum Gasteiger partial charge on any atom is -0.467 e. The SMILES string of the molecule is CC(C)CC1NCCc2ccoc21. The maximum atomic E-state index is 5.51. The average molecular weight is 179 g/mol. The van der Waals surface area contributed by atoms with Crippen LogP contribution in [0.2, 0.25) is 0 Å². The van der Waals surface area contributed by atoms with Crippen molar-refractivity contribution in [3.8, 4) is 0 Å². The molecule has 0 aliphatic carbocycles. The molecule has 0 fully saturated rings. The lowest BCUT2D eigenvalue weighted by Gasteiger charge is -2.24. The van der Waals surface area contributed by atoms with E-state index in [1.165, 1.54) is 17.7 Å². The molecule has 0 amide bonds. The molecule has 1 N–H and O–H groups in total. The molecule has 0 radical (unpaired) electrons. The summed E-state index contributed by atoms with van der Waals surface area (Å²) in [5.41, 5.74) is 1.39. The van der Waals surface area contributed by atoms with E-state index < -0.39 is 0 Å². The molecule has 0 saturated carbocycles. The minimum absolute atomic E-state index is 0.443. The van der Waals surface area contributed by atoms with E-state index in [1.807, 2.05) is 6.26 Å². The van der Waals surface area contributed by atoms with E-state index in [4.69, 9.17) is 4.42 Å². The first kappa shape index (κ1) is 8.82. The zero-order valence-electron chi connectivity index (χ0n) is 8.34. The van der Waals surface area contributed by atoms with Crippen molar-refractivity contribution in [3.63, 3.8) is 0 Å². The van der Waals surface area contributed by atoms with Crippen LogP contribution >= 0.6 is 0 Å². The quantitative estimate of drug-likeness (QED) is 0.754. The second-order valence-corrected chi connectivity index (χ2v) is 4.20. The van der Waals surface area contributed by atoms with Gasteiger partial charge in [-0.25, -0.2) is 0 Å². The number of nitrogens with one attached hydrogen (secondary N) is 1. The van der Waals surface area contributed by atoms with Gasteiger partial charge < -0.3 is 9.73 Å². The van der Waals surface area contributed by atoms with Crippen LogP contribution in [0.5, 0.6) is 0 Å². The van der Waals surface area contributed by atoms with E-state index in [0.717, 1.165) is 13.0 Å². The molecule has 1 aliphatic heterocycles. The van der Waals surface area contributed by atoms with Gasteiger partial charge in [0.2, 0.25) is 0 Å². The zero-order valence-corrected chi connectivity index (χ0v) is 8.34. The van der Waals surface area contributed by atoms with Gasteiger partial charge in [0, 0.05) is 0 Å². The fourth-order valence-corrected chi connectivity index (χ4v) is 2.00. The molecule has 0 spiro atoms. The Labute approximate surface area is 79.3 Å². The molecule has 13 heavy (non-hydrogen) atoms. The topological polar surface area (TPSA) is 25.2 Å². The van der Waals surface area contributed by atoms with Gasteiger partial charge in [-0.15, -0.1) is 0 Å². The standard InChI is InChI=1S/C11H17NO/c1-8(2)7-10-11-9(3-5-12-10)4-6-13-11/h4,6,8,10,12H,3,5,7H2,1-2H3. The largest absolute Gasteiger partial charge is 0.467 e. The molecule has 0 aromatic carbocycles. The van der Waals surface area contributed by atoms with Crippen molar-refractivity contribution in [2.75, 3.05) is 6.54 Å². The van der Waals surface area contributed by atoms with E-state index >= 15 is 0 Å². The van der Waals surface area contributed by atoms with E-state index in [-0.39, 0.29) is 0 Å². The van der Waals surface area contributed by atoms with Gasteiger partial charge in [-0.05, 0) is 36.9 Å². The summed E-state index contributed by atoms with van der Waals surface area (Å²) in [6, 6.07) is 2.54. The normalized spacial score (nSPS) is 21.9. The molecule has 2 heteroatoms. The van der Waals surface area contributed by atoms with Crippen LogP contribution in [0.25, 0.3) is 0 Å². The highest BCUT2D eigenvalue weighted by Crippen LogP contribution is 2.28. The first-order valence-corrected chi connectivity index (χ1v) is 5.07. The monoisotopic (exact) mass is 179 g/mol. The van der Waals surface area contributed by atoms with E-state index in [9.17, 15) is 0 Å². The minimum atomic E-state index is 0.443. The van der Waals surface area contributed by atoms with Crippen LogP contribution in [0.4, 0.5) is 0 Å². The molecule has 0 bridgehead atoms. The van der Waals surface area contributed by atoms with Gasteiger partial charge in [0.25, 0.3) is 0 Å². The lowest BCUT2D eigenvalue weighted by molar-refractivity contribution is 0.344. The molecular formula is C11H17NO. The van der Waals surface area contributed by atoms with Crippen LogP contribution in [0.1, 0.15) is 37.6 Å². The number of furan rings is 1. The molecule has 1 aliphatic rings. The van der Waals surface area contributed by atoms with Gasteiger partial charge in [-0.1, -0.05) is 13.8 Å². The third kappa shape index (κ3) is 1.78. The van der Waals surface area contributed by atoms with Crippen LogP contribution in [0, 0.1) is 5.92 Å². The average Bonchev–Trinajstić information content (AvgIpc) is 2.51. The van der Waals surface area contributed by atoms with Crippen molar-refractivity contribution in [2.45, 2.75) is 32.7 Å². The van der Waals surface area contributed by atoms with Crippen molar-refractivity contribution in [3.05, 3.63) is 23.7 Å². The van der Waals surface area contributed by atoms with Gasteiger partial charge in [0.15, 0.2) is 0 Å². The Balaban J connectivity index is 2.15. The Morgan fingerprint density at radius 3 is 3.23 bits per heavy atom. The summed E-state index contributed by atoms with van der Waals surface area (Å²) in [6.45, 7) is 5.59. The van der Waals surface area contributed by atoms with Gasteiger partial charge in [-0.2, -0.15) is 0 Å². The van der Waals surface area contributed by atoms with Crippen LogP contribution < -0.4 is 5.32 Å². The van der Waals surface area contributed by atoms with Crippen LogP contribution in [0.3, 0.4) is 0 Å². The van der Waals surface area contributed by atoms with Crippen LogP contribution in [-0.4, -0.2) is 6.54 Å². The van der Waals surface area contributed by atoms with Crippen LogP contribution in [0.15, 0.2) is 16.7 Å². The molecule has 2 rings (SSSR count). The lowest BCUT2D eigenvalue weighted by atomic mass is 9.95. The maximum Gasteiger partial charge on any atom is 0.123 e. The summed E-state index contributed by atoms with van der Waals surface area (Å²) in [4.78, 5) is 0. The molecule has 1 atom stereocenters. The highest BCUT2D eigenvalue weighted by atomic mass is 16.3.